The summed E-state index contributed by atoms with van der Waals surface area (Å²) in [5, 5.41) is 0. The lowest BCUT2D eigenvalue weighted by molar-refractivity contribution is 0.0988. The topological polar surface area (TPSA) is 46.3 Å². The number of hydrogen-bond donors (Lipinski definition) is 1. The predicted octanol–water partition coefficient (Wildman–Crippen LogP) is 3.38. The van der Waals surface area contributed by atoms with Crippen LogP contribution in [0.4, 0.5) is 15.8 Å². The number of hydrogen-bond acceptors (Lipinski definition) is 2. The molecule has 1 amide bonds. The molecule has 0 bridgehead atoms. The van der Waals surface area contributed by atoms with Gasteiger partial charge in [0, 0.05) is 17.8 Å². The molecule has 0 aliphatic rings. The van der Waals surface area contributed by atoms with E-state index in [1.165, 1.54) is 18.2 Å². The van der Waals surface area contributed by atoms with Gasteiger partial charge in [0.25, 0.3) is 5.91 Å². The number of nitrogens with zero attached hydrogens (tertiary/aromatic N) is 1. The molecular formula is C16H17FN2O. The van der Waals surface area contributed by atoms with Crippen LogP contribution >= 0.6 is 0 Å². The highest BCUT2D eigenvalue weighted by Gasteiger charge is 2.16. The maximum absolute atomic E-state index is 13.2. The molecule has 0 spiro atoms. The number of halogens is 1. The molecule has 0 aliphatic heterocycles. The Kier molecular flexibility index (Phi) is 4.03. The Morgan fingerprint density at radius 1 is 1.20 bits per heavy atom. The molecule has 0 unspecified atom stereocenters. The van der Waals surface area contributed by atoms with Crippen molar-refractivity contribution < 1.29 is 9.18 Å². The average Bonchev–Trinajstić information content (AvgIpc) is 2.44. The van der Waals surface area contributed by atoms with Crippen LogP contribution in [-0.4, -0.2) is 12.5 Å². The second-order valence-electron chi connectivity index (χ2n) is 4.62. The number of nitrogen functional groups attached to an aromatic ring is 1. The van der Waals surface area contributed by atoms with E-state index in [0.717, 1.165) is 11.3 Å². The van der Waals surface area contributed by atoms with Crippen molar-refractivity contribution in [2.24, 2.45) is 0 Å². The minimum absolute atomic E-state index is 0.0178. The number of aryl methyl sites for hydroxylation is 1. The van der Waals surface area contributed by atoms with Crippen molar-refractivity contribution in [1.29, 1.82) is 0 Å². The first-order valence-electron chi connectivity index (χ1n) is 6.46. The second-order valence-corrected chi connectivity index (χ2v) is 4.62. The lowest BCUT2D eigenvalue weighted by Gasteiger charge is -2.21. The summed E-state index contributed by atoms with van der Waals surface area (Å²) in [6.45, 7) is 4.41. The molecule has 2 N–H and O–H groups in total. The van der Waals surface area contributed by atoms with Gasteiger partial charge in [0.15, 0.2) is 0 Å². The largest absolute Gasteiger partial charge is 0.396 e. The Balaban J connectivity index is 2.33. The summed E-state index contributed by atoms with van der Waals surface area (Å²) in [5.41, 5.74) is 7.82. The molecule has 2 aromatic carbocycles. The van der Waals surface area contributed by atoms with E-state index in [4.69, 9.17) is 5.73 Å². The van der Waals surface area contributed by atoms with E-state index in [2.05, 4.69) is 0 Å². The van der Waals surface area contributed by atoms with Gasteiger partial charge in [-0.2, -0.15) is 0 Å². The quantitative estimate of drug-likeness (QED) is 0.871. The first-order chi connectivity index (χ1) is 9.52. The number of rotatable bonds is 3. The standard InChI is InChI=1S/C16H17FN2O/c1-3-19(13-7-4-11(2)5-8-13)16(20)12-6-9-14(17)15(18)10-12/h4-10H,3,18H2,1-2H3. The first-order valence-corrected chi connectivity index (χ1v) is 6.46. The zero-order valence-electron chi connectivity index (χ0n) is 11.6. The van der Waals surface area contributed by atoms with Crippen LogP contribution in [0.2, 0.25) is 0 Å². The van der Waals surface area contributed by atoms with Gasteiger partial charge in [0.1, 0.15) is 5.82 Å². The molecule has 3 nitrogen and oxygen atoms in total. The van der Waals surface area contributed by atoms with E-state index in [-0.39, 0.29) is 11.6 Å². The van der Waals surface area contributed by atoms with E-state index >= 15 is 0 Å². The van der Waals surface area contributed by atoms with Gasteiger partial charge in [-0.3, -0.25) is 4.79 Å². The highest BCUT2D eigenvalue weighted by molar-refractivity contribution is 6.06. The van der Waals surface area contributed by atoms with Crippen LogP contribution in [0.3, 0.4) is 0 Å². The van der Waals surface area contributed by atoms with Crippen molar-refractivity contribution in [3.05, 3.63) is 59.4 Å². The summed E-state index contributed by atoms with van der Waals surface area (Å²) in [6, 6.07) is 11.7. The molecule has 0 radical (unpaired) electrons. The van der Waals surface area contributed by atoms with E-state index in [0.29, 0.717) is 12.1 Å². The molecule has 0 heterocycles. The van der Waals surface area contributed by atoms with Crippen molar-refractivity contribution >= 4 is 17.3 Å². The van der Waals surface area contributed by atoms with Crippen LogP contribution in [0.1, 0.15) is 22.8 Å². The minimum Gasteiger partial charge on any atom is -0.396 e. The molecule has 0 saturated heterocycles. The molecular weight excluding hydrogens is 255 g/mol. The molecule has 0 atom stereocenters. The summed E-state index contributed by atoms with van der Waals surface area (Å²) in [4.78, 5) is 14.1. The number of benzene rings is 2. The van der Waals surface area contributed by atoms with E-state index < -0.39 is 5.82 Å². The smallest absolute Gasteiger partial charge is 0.258 e. The molecule has 0 fully saturated rings. The number of carbonyl (C=O) groups is 1. The van der Waals surface area contributed by atoms with Crippen LogP contribution in [0, 0.1) is 12.7 Å². The summed E-state index contributed by atoms with van der Waals surface area (Å²) in [7, 11) is 0. The Labute approximate surface area is 117 Å². The third-order valence-electron chi connectivity index (χ3n) is 3.15. The molecule has 0 aliphatic carbocycles. The molecule has 104 valence electrons. The van der Waals surface area contributed by atoms with E-state index in [9.17, 15) is 9.18 Å². The fraction of sp³-hybridized carbons (Fsp3) is 0.188. The predicted molar refractivity (Wildman–Crippen MR) is 79.3 cm³/mol. The van der Waals surface area contributed by atoms with Crippen LogP contribution < -0.4 is 10.6 Å². The lowest BCUT2D eigenvalue weighted by Crippen LogP contribution is -2.30. The van der Waals surface area contributed by atoms with Gasteiger partial charge in [-0.1, -0.05) is 17.7 Å². The minimum atomic E-state index is -0.514. The second kappa shape index (κ2) is 5.74. The molecule has 2 aromatic rings. The summed E-state index contributed by atoms with van der Waals surface area (Å²) < 4.78 is 13.2. The third-order valence-corrected chi connectivity index (χ3v) is 3.15. The van der Waals surface area contributed by atoms with Crippen molar-refractivity contribution in [2.75, 3.05) is 17.2 Å². The Hall–Kier alpha value is -2.36. The van der Waals surface area contributed by atoms with Gasteiger partial charge in [0.2, 0.25) is 0 Å². The maximum Gasteiger partial charge on any atom is 0.258 e. The molecule has 2 rings (SSSR count). The fourth-order valence-electron chi connectivity index (χ4n) is 2.00. The van der Waals surface area contributed by atoms with Gasteiger partial charge >= 0.3 is 0 Å². The van der Waals surface area contributed by atoms with Crippen molar-refractivity contribution in [1.82, 2.24) is 0 Å². The summed E-state index contributed by atoms with van der Waals surface area (Å²) in [6.07, 6.45) is 0. The van der Waals surface area contributed by atoms with Crippen molar-refractivity contribution in [3.63, 3.8) is 0 Å². The van der Waals surface area contributed by atoms with Crippen molar-refractivity contribution in [3.8, 4) is 0 Å². The average molecular weight is 272 g/mol. The van der Waals surface area contributed by atoms with Crippen LogP contribution in [0.15, 0.2) is 42.5 Å². The molecule has 20 heavy (non-hydrogen) atoms. The van der Waals surface area contributed by atoms with E-state index in [1.54, 1.807) is 4.90 Å². The normalized spacial score (nSPS) is 10.3. The highest BCUT2D eigenvalue weighted by atomic mass is 19.1. The van der Waals surface area contributed by atoms with Gasteiger partial charge in [-0.15, -0.1) is 0 Å². The fourth-order valence-corrected chi connectivity index (χ4v) is 2.00. The van der Waals surface area contributed by atoms with Gasteiger partial charge < -0.3 is 10.6 Å². The summed E-state index contributed by atoms with van der Waals surface area (Å²) >= 11 is 0. The number of amides is 1. The van der Waals surface area contributed by atoms with Gasteiger partial charge in [-0.25, -0.2) is 4.39 Å². The Morgan fingerprint density at radius 3 is 2.40 bits per heavy atom. The van der Waals surface area contributed by atoms with Crippen LogP contribution in [0.5, 0.6) is 0 Å². The van der Waals surface area contributed by atoms with Gasteiger partial charge in [-0.05, 0) is 44.2 Å². The lowest BCUT2D eigenvalue weighted by atomic mass is 10.1. The molecule has 4 heteroatoms. The Morgan fingerprint density at radius 2 is 1.85 bits per heavy atom. The third kappa shape index (κ3) is 2.79. The van der Waals surface area contributed by atoms with Gasteiger partial charge in [0.05, 0.1) is 5.69 Å². The number of carbonyl (C=O) groups excluding carboxylic acids is 1. The SMILES string of the molecule is CCN(C(=O)c1ccc(F)c(N)c1)c1ccc(C)cc1. The van der Waals surface area contributed by atoms with Crippen LogP contribution in [0.25, 0.3) is 0 Å². The zero-order chi connectivity index (χ0) is 14.7. The first kappa shape index (κ1) is 14.1. The maximum atomic E-state index is 13.2. The monoisotopic (exact) mass is 272 g/mol. The molecule has 0 saturated carbocycles. The van der Waals surface area contributed by atoms with Crippen LogP contribution in [-0.2, 0) is 0 Å². The van der Waals surface area contributed by atoms with E-state index in [1.807, 2.05) is 38.1 Å². The number of nitrogens with two attached hydrogens (primary N) is 1. The molecule has 0 aromatic heterocycles. The zero-order valence-corrected chi connectivity index (χ0v) is 11.6. The highest BCUT2D eigenvalue weighted by Crippen LogP contribution is 2.20. The number of anilines is 2. The Bertz CT molecular complexity index is 623. The summed E-state index contributed by atoms with van der Waals surface area (Å²) in [5.74, 6) is -0.706. The van der Waals surface area contributed by atoms with Crippen molar-refractivity contribution in [2.45, 2.75) is 13.8 Å².